The van der Waals surface area contributed by atoms with Crippen molar-refractivity contribution in [3.63, 3.8) is 0 Å². The van der Waals surface area contributed by atoms with Gasteiger partial charge in [0.2, 0.25) is 0 Å². The Bertz CT molecular complexity index is 328. The molecule has 1 atom stereocenters. The van der Waals surface area contributed by atoms with E-state index in [1.807, 2.05) is 0 Å². The van der Waals surface area contributed by atoms with Crippen LogP contribution < -0.4 is 5.32 Å². The summed E-state index contributed by atoms with van der Waals surface area (Å²) >= 11 is 1.57. The van der Waals surface area contributed by atoms with Crippen molar-refractivity contribution in [2.75, 3.05) is 13.1 Å². The van der Waals surface area contributed by atoms with Crippen molar-refractivity contribution in [3.8, 4) is 0 Å². The lowest BCUT2D eigenvalue weighted by molar-refractivity contribution is -0.127. The van der Waals surface area contributed by atoms with Crippen molar-refractivity contribution in [2.24, 2.45) is 5.41 Å². The molecule has 0 bridgehead atoms. The van der Waals surface area contributed by atoms with Gasteiger partial charge in [-0.25, -0.2) is 0 Å². The Morgan fingerprint density at radius 3 is 3.13 bits per heavy atom. The van der Waals surface area contributed by atoms with E-state index in [2.05, 4.69) is 17.2 Å². The first kappa shape index (κ1) is 10.8. The molecule has 0 aliphatic carbocycles. The maximum absolute atomic E-state index is 12.2. The molecule has 0 amide bonds. The molecular weight excluding hydrogens is 208 g/mol. The minimum atomic E-state index is -0.107. The smallest absolute Gasteiger partial charge is 0.145 e. The highest BCUT2D eigenvalue weighted by Crippen LogP contribution is 2.32. The summed E-state index contributed by atoms with van der Waals surface area (Å²) in [5.74, 6) is 0.374. The van der Waals surface area contributed by atoms with Crippen molar-refractivity contribution in [3.05, 3.63) is 16.6 Å². The minimum Gasteiger partial charge on any atom is -0.316 e. The van der Waals surface area contributed by atoms with E-state index < -0.39 is 0 Å². The third kappa shape index (κ3) is 2.11. The SMILES string of the molecule is CCC1(C(=O)Cc2cncs2)CCNC1. The zero-order chi connectivity index (χ0) is 10.7. The van der Waals surface area contributed by atoms with Gasteiger partial charge >= 0.3 is 0 Å². The van der Waals surface area contributed by atoms with Crippen LogP contribution in [-0.4, -0.2) is 23.9 Å². The maximum atomic E-state index is 12.2. The number of hydrogen-bond acceptors (Lipinski definition) is 4. The second kappa shape index (κ2) is 4.41. The number of nitrogens with zero attached hydrogens (tertiary/aromatic N) is 1. The van der Waals surface area contributed by atoms with E-state index in [0.717, 1.165) is 30.8 Å². The summed E-state index contributed by atoms with van der Waals surface area (Å²) < 4.78 is 0. The van der Waals surface area contributed by atoms with Gasteiger partial charge in [-0.2, -0.15) is 0 Å². The molecule has 82 valence electrons. The molecule has 1 aromatic rings. The number of ketones is 1. The van der Waals surface area contributed by atoms with Crippen LogP contribution in [0.1, 0.15) is 24.6 Å². The van der Waals surface area contributed by atoms with Gasteiger partial charge in [-0.05, 0) is 19.4 Å². The van der Waals surface area contributed by atoms with E-state index in [9.17, 15) is 4.79 Å². The molecule has 1 fully saturated rings. The van der Waals surface area contributed by atoms with E-state index in [4.69, 9.17) is 0 Å². The molecule has 3 nitrogen and oxygen atoms in total. The van der Waals surface area contributed by atoms with Gasteiger partial charge in [-0.15, -0.1) is 11.3 Å². The van der Waals surface area contributed by atoms with Gasteiger partial charge < -0.3 is 5.32 Å². The Morgan fingerprint density at radius 1 is 1.73 bits per heavy atom. The molecule has 2 rings (SSSR count). The molecule has 15 heavy (non-hydrogen) atoms. The first-order valence-electron chi connectivity index (χ1n) is 5.38. The third-order valence-corrected chi connectivity index (χ3v) is 4.11. The van der Waals surface area contributed by atoms with E-state index >= 15 is 0 Å². The van der Waals surface area contributed by atoms with E-state index in [1.54, 1.807) is 23.0 Å². The van der Waals surface area contributed by atoms with Crippen molar-refractivity contribution in [1.29, 1.82) is 0 Å². The largest absolute Gasteiger partial charge is 0.316 e. The van der Waals surface area contributed by atoms with Crippen molar-refractivity contribution in [1.82, 2.24) is 10.3 Å². The van der Waals surface area contributed by atoms with E-state index in [-0.39, 0.29) is 5.41 Å². The Balaban J connectivity index is 2.06. The summed E-state index contributed by atoms with van der Waals surface area (Å²) in [5, 5.41) is 3.29. The molecule has 0 radical (unpaired) electrons. The number of carbonyl (C=O) groups excluding carboxylic acids is 1. The first-order chi connectivity index (χ1) is 7.27. The molecule has 1 N–H and O–H groups in total. The summed E-state index contributed by atoms with van der Waals surface area (Å²) in [5.41, 5.74) is 1.68. The van der Waals surface area contributed by atoms with Crippen LogP contribution in [0.25, 0.3) is 0 Å². The predicted octanol–water partition coefficient (Wildman–Crippen LogP) is 1.64. The summed E-state index contributed by atoms with van der Waals surface area (Å²) in [6.45, 7) is 3.93. The molecule has 2 heterocycles. The zero-order valence-electron chi connectivity index (χ0n) is 8.95. The fraction of sp³-hybridized carbons (Fsp3) is 0.636. The van der Waals surface area contributed by atoms with Crippen LogP contribution in [0.2, 0.25) is 0 Å². The first-order valence-corrected chi connectivity index (χ1v) is 6.26. The van der Waals surface area contributed by atoms with E-state index in [0.29, 0.717) is 12.2 Å². The lowest BCUT2D eigenvalue weighted by Crippen LogP contribution is -2.33. The van der Waals surface area contributed by atoms with Gasteiger partial charge in [0.15, 0.2) is 0 Å². The molecule has 0 saturated carbocycles. The molecule has 1 unspecified atom stereocenters. The minimum absolute atomic E-state index is 0.107. The average molecular weight is 224 g/mol. The van der Waals surface area contributed by atoms with Gasteiger partial charge in [0.25, 0.3) is 0 Å². The van der Waals surface area contributed by atoms with Crippen molar-refractivity contribution >= 4 is 17.1 Å². The maximum Gasteiger partial charge on any atom is 0.145 e. The van der Waals surface area contributed by atoms with Crippen LogP contribution in [0.5, 0.6) is 0 Å². The standard InChI is InChI=1S/C11H16N2OS/c1-2-11(3-4-12-7-11)10(14)5-9-6-13-8-15-9/h6,8,12H,2-5,7H2,1H3. The van der Waals surface area contributed by atoms with Gasteiger partial charge in [-0.3, -0.25) is 9.78 Å². The molecule has 4 heteroatoms. The summed E-state index contributed by atoms with van der Waals surface area (Å²) in [4.78, 5) is 17.3. The zero-order valence-corrected chi connectivity index (χ0v) is 9.77. The topological polar surface area (TPSA) is 42.0 Å². The van der Waals surface area contributed by atoms with Crippen molar-refractivity contribution < 1.29 is 4.79 Å². The summed E-state index contributed by atoms with van der Waals surface area (Å²) in [7, 11) is 0. The van der Waals surface area contributed by atoms with Crippen LogP contribution in [0.4, 0.5) is 0 Å². The highest BCUT2D eigenvalue weighted by Gasteiger charge is 2.38. The highest BCUT2D eigenvalue weighted by molar-refractivity contribution is 7.09. The molecule has 1 saturated heterocycles. The lowest BCUT2D eigenvalue weighted by Gasteiger charge is -2.24. The second-order valence-corrected chi connectivity index (χ2v) is 5.10. The van der Waals surface area contributed by atoms with Crippen LogP contribution in [0.3, 0.4) is 0 Å². The lowest BCUT2D eigenvalue weighted by atomic mass is 9.78. The Hall–Kier alpha value is -0.740. The van der Waals surface area contributed by atoms with Crippen LogP contribution in [0, 0.1) is 5.41 Å². The molecule has 1 aromatic heterocycles. The molecule has 1 aliphatic rings. The molecule has 0 spiro atoms. The van der Waals surface area contributed by atoms with Crippen LogP contribution in [-0.2, 0) is 11.2 Å². The van der Waals surface area contributed by atoms with Crippen LogP contribution >= 0.6 is 11.3 Å². The van der Waals surface area contributed by atoms with Crippen molar-refractivity contribution in [2.45, 2.75) is 26.2 Å². The summed E-state index contributed by atoms with van der Waals surface area (Å²) in [6.07, 6.45) is 4.28. The number of nitrogens with one attached hydrogen (secondary N) is 1. The van der Waals surface area contributed by atoms with Gasteiger partial charge in [0.1, 0.15) is 5.78 Å². The van der Waals surface area contributed by atoms with Gasteiger partial charge in [0.05, 0.1) is 5.51 Å². The monoisotopic (exact) mass is 224 g/mol. The average Bonchev–Trinajstić information content (AvgIpc) is 2.87. The fourth-order valence-corrected chi connectivity index (χ4v) is 2.75. The number of Topliss-reactive ketones (excluding diaryl/α,β-unsaturated/α-hetero) is 1. The molecular formula is C11H16N2OS. The Kier molecular flexibility index (Phi) is 3.17. The second-order valence-electron chi connectivity index (χ2n) is 4.13. The van der Waals surface area contributed by atoms with Crippen LogP contribution in [0.15, 0.2) is 11.7 Å². The van der Waals surface area contributed by atoms with Gasteiger partial charge in [-0.1, -0.05) is 6.92 Å². The highest BCUT2D eigenvalue weighted by atomic mass is 32.1. The number of hydrogen-bond donors (Lipinski definition) is 1. The summed E-state index contributed by atoms with van der Waals surface area (Å²) in [6, 6.07) is 0. The molecule has 1 aliphatic heterocycles. The Morgan fingerprint density at radius 2 is 2.60 bits per heavy atom. The van der Waals surface area contributed by atoms with Gasteiger partial charge in [0, 0.05) is 29.5 Å². The number of aromatic nitrogens is 1. The Labute approximate surface area is 93.9 Å². The van der Waals surface area contributed by atoms with E-state index in [1.165, 1.54) is 0 Å². The fourth-order valence-electron chi connectivity index (χ4n) is 2.16. The number of rotatable bonds is 4. The quantitative estimate of drug-likeness (QED) is 0.845. The number of carbonyl (C=O) groups is 1. The third-order valence-electron chi connectivity index (χ3n) is 3.33. The number of thiazole rings is 1. The normalized spacial score (nSPS) is 25.7. The molecule has 0 aromatic carbocycles. The predicted molar refractivity (Wildman–Crippen MR) is 61.0 cm³/mol.